The number of nitrogens with zero attached hydrogens (tertiary/aromatic N) is 1. The molecule has 0 unspecified atom stereocenters. The van der Waals surface area contributed by atoms with Crippen LogP contribution in [0, 0.1) is 10.1 Å². The number of carbonyl (C=O) groups excluding carboxylic acids is 2. The maximum Gasteiger partial charge on any atom is 0.416 e. The van der Waals surface area contributed by atoms with Gasteiger partial charge in [0.05, 0.1) is 15.5 Å². The molecule has 0 atom stereocenters. The Labute approximate surface area is 177 Å². The smallest absolute Gasteiger partial charge is 0.416 e. The molecule has 0 heterocycles. The van der Waals surface area contributed by atoms with Crippen LogP contribution < -0.4 is 10.1 Å². The highest BCUT2D eigenvalue weighted by Crippen LogP contribution is 2.37. The number of rotatable bonds is 7. The lowest BCUT2D eigenvalue weighted by molar-refractivity contribution is -0.385. The highest BCUT2D eigenvalue weighted by Gasteiger charge is 2.31. The van der Waals surface area contributed by atoms with E-state index in [1.54, 1.807) is 0 Å². The maximum absolute atomic E-state index is 12.7. The largest absolute Gasteiger partial charge is 0.456 e. The van der Waals surface area contributed by atoms with E-state index in [0.717, 1.165) is 36.0 Å². The van der Waals surface area contributed by atoms with Crippen molar-refractivity contribution in [2.75, 3.05) is 12.3 Å². The van der Waals surface area contributed by atoms with Crippen LogP contribution in [-0.2, 0) is 11.0 Å². The number of carbonyl (C=O) groups is 2. The summed E-state index contributed by atoms with van der Waals surface area (Å²) in [4.78, 5) is 33.7. The summed E-state index contributed by atoms with van der Waals surface area (Å²) >= 11 is 6.82. The van der Waals surface area contributed by atoms with E-state index >= 15 is 0 Å². The molecular weight excluding hydrogens is 449 g/mol. The van der Waals surface area contributed by atoms with E-state index in [4.69, 9.17) is 16.3 Å². The van der Waals surface area contributed by atoms with Crippen molar-refractivity contribution in [2.45, 2.75) is 13.1 Å². The summed E-state index contributed by atoms with van der Waals surface area (Å²) < 4.78 is 43.6. The van der Waals surface area contributed by atoms with Crippen molar-refractivity contribution in [1.29, 1.82) is 0 Å². The van der Waals surface area contributed by atoms with Gasteiger partial charge in [-0.3, -0.25) is 19.7 Å². The standard InChI is InChI=1S/C18H14ClF3N2O5S/c1-10(25)30-7-6-23-17(26)13-9-12(3-4-15(13)24(27)28)29-16-5-2-11(8-14(16)19)18(20,21)22/h2-5,8-9H,6-7H2,1H3,(H,23,26). The minimum atomic E-state index is -4.58. The van der Waals surface area contributed by atoms with Crippen LogP contribution in [0.5, 0.6) is 11.5 Å². The van der Waals surface area contributed by atoms with E-state index in [2.05, 4.69) is 5.32 Å². The number of alkyl halides is 3. The summed E-state index contributed by atoms with van der Waals surface area (Å²) in [6, 6.07) is 5.77. The van der Waals surface area contributed by atoms with Crippen LogP contribution in [0.25, 0.3) is 0 Å². The van der Waals surface area contributed by atoms with Crippen LogP contribution in [0.15, 0.2) is 36.4 Å². The molecule has 2 aromatic rings. The third kappa shape index (κ3) is 6.36. The highest BCUT2D eigenvalue weighted by atomic mass is 35.5. The van der Waals surface area contributed by atoms with Gasteiger partial charge in [0.25, 0.3) is 11.6 Å². The summed E-state index contributed by atoms with van der Waals surface area (Å²) in [5, 5.41) is 13.2. The third-order valence-corrected chi connectivity index (χ3v) is 4.70. The highest BCUT2D eigenvalue weighted by molar-refractivity contribution is 8.13. The van der Waals surface area contributed by atoms with E-state index in [1.807, 2.05) is 0 Å². The summed E-state index contributed by atoms with van der Waals surface area (Å²) in [5.74, 6) is -0.644. The molecule has 12 heteroatoms. The second-order valence-corrected chi connectivity index (χ2v) is 7.46. The lowest BCUT2D eigenvalue weighted by Crippen LogP contribution is -2.26. The minimum absolute atomic E-state index is 0.0366. The zero-order chi connectivity index (χ0) is 22.5. The fourth-order valence-electron chi connectivity index (χ4n) is 2.26. The molecule has 1 amide bonds. The molecule has 2 rings (SSSR count). The number of thioether (sulfide) groups is 1. The molecule has 0 saturated heterocycles. The number of halogens is 4. The Bertz CT molecular complexity index is 985. The van der Waals surface area contributed by atoms with Crippen molar-refractivity contribution in [3.8, 4) is 11.5 Å². The van der Waals surface area contributed by atoms with Gasteiger partial charge in [-0.2, -0.15) is 13.2 Å². The normalized spacial score (nSPS) is 11.1. The number of hydrogen-bond donors (Lipinski definition) is 1. The van der Waals surface area contributed by atoms with Gasteiger partial charge in [-0.1, -0.05) is 23.4 Å². The molecule has 160 valence electrons. The second-order valence-electron chi connectivity index (χ2n) is 5.78. The van der Waals surface area contributed by atoms with Gasteiger partial charge < -0.3 is 10.1 Å². The first-order valence-electron chi connectivity index (χ1n) is 8.23. The molecular formula is C18H14ClF3N2O5S. The van der Waals surface area contributed by atoms with Crippen LogP contribution in [0.2, 0.25) is 5.02 Å². The topological polar surface area (TPSA) is 98.5 Å². The van der Waals surface area contributed by atoms with E-state index < -0.39 is 28.3 Å². The van der Waals surface area contributed by atoms with Gasteiger partial charge in [0.15, 0.2) is 5.12 Å². The number of hydrogen-bond acceptors (Lipinski definition) is 6. The van der Waals surface area contributed by atoms with E-state index in [-0.39, 0.29) is 39.5 Å². The van der Waals surface area contributed by atoms with Gasteiger partial charge in [-0.15, -0.1) is 0 Å². The Hall–Kier alpha value is -2.79. The molecule has 0 radical (unpaired) electrons. The first kappa shape index (κ1) is 23.5. The van der Waals surface area contributed by atoms with Gasteiger partial charge in [-0.05, 0) is 24.3 Å². The third-order valence-electron chi connectivity index (χ3n) is 3.59. The van der Waals surface area contributed by atoms with Crippen molar-refractivity contribution >= 4 is 40.1 Å². The van der Waals surface area contributed by atoms with Crippen LogP contribution in [0.1, 0.15) is 22.8 Å². The van der Waals surface area contributed by atoms with Crippen LogP contribution >= 0.6 is 23.4 Å². The first-order chi connectivity index (χ1) is 14.0. The van der Waals surface area contributed by atoms with Crippen molar-refractivity contribution < 1.29 is 32.4 Å². The summed E-state index contributed by atoms with van der Waals surface area (Å²) in [5.41, 5.74) is -1.77. The lowest BCUT2D eigenvalue weighted by Gasteiger charge is -2.12. The predicted molar refractivity (Wildman–Crippen MR) is 105 cm³/mol. The lowest BCUT2D eigenvalue weighted by atomic mass is 10.1. The van der Waals surface area contributed by atoms with Crippen molar-refractivity contribution in [2.24, 2.45) is 0 Å². The zero-order valence-corrected chi connectivity index (χ0v) is 16.9. The minimum Gasteiger partial charge on any atom is -0.456 e. The van der Waals surface area contributed by atoms with E-state index in [9.17, 15) is 32.9 Å². The van der Waals surface area contributed by atoms with E-state index in [1.165, 1.54) is 13.0 Å². The number of benzene rings is 2. The molecule has 2 aromatic carbocycles. The molecule has 0 spiro atoms. The van der Waals surface area contributed by atoms with Crippen molar-refractivity contribution in [3.63, 3.8) is 0 Å². The Morgan fingerprint density at radius 3 is 2.50 bits per heavy atom. The van der Waals surface area contributed by atoms with Crippen LogP contribution in [0.4, 0.5) is 18.9 Å². The molecule has 7 nitrogen and oxygen atoms in total. The fourth-order valence-corrected chi connectivity index (χ4v) is 2.97. The van der Waals surface area contributed by atoms with Gasteiger partial charge in [0.2, 0.25) is 0 Å². The zero-order valence-electron chi connectivity index (χ0n) is 15.3. The van der Waals surface area contributed by atoms with Gasteiger partial charge in [-0.25, -0.2) is 0 Å². The molecule has 1 N–H and O–H groups in total. The molecule has 0 saturated carbocycles. The number of nitro groups is 1. The average Bonchev–Trinajstić information content (AvgIpc) is 2.65. The molecule has 0 aliphatic heterocycles. The molecule has 0 fully saturated rings. The molecule has 0 aromatic heterocycles. The maximum atomic E-state index is 12.7. The molecule has 0 aliphatic rings. The summed E-state index contributed by atoms with van der Waals surface area (Å²) in [7, 11) is 0. The van der Waals surface area contributed by atoms with Crippen molar-refractivity contribution in [3.05, 3.63) is 62.7 Å². The number of nitro benzene ring substituents is 1. The van der Waals surface area contributed by atoms with Crippen LogP contribution in [-0.4, -0.2) is 28.2 Å². The quantitative estimate of drug-likeness (QED) is 0.350. The number of nitrogens with one attached hydrogen (secondary N) is 1. The van der Waals surface area contributed by atoms with Gasteiger partial charge >= 0.3 is 6.18 Å². The number of ether oxygens (including phenoxy) is 1. The van der Waals surface area contributed by atoms with E-state index in [0.29, 0.717) is 6.07 Å². The monoisotopic (exact) mass is 462 g/mol. The van der Waals surface area contributed by atoms with Gasteiger partial charge in [0.1, 0.15) is 17.1 Å². The van der Waals surface area contributed by atoms with Crippen LogP contribution in [0.3, 0.4) is 0 Å². The second kappa shape index (κ2) is 9.81. The Balaban J connectivity index is 2.24. The Kier molecular flexibility index (Phi) is 7.68. The Morgan fingerprint density at radius 2 is 1.93 bits per heavy atom. The SMILES string of the molecule is CC(=O)SCCNC(=O)c1cc(Oc2ccc(C(F)(F)F)cc2Cl)ccc1[N+](=O)[O-]. The molecule has 0 aliphatic carbocycles. The van der Waals surface area contributed by atoms with Crippen molar-refractivity contribution in [1.82, 2.24) is 5.32 Å². The molecule has 30 heavy (non-hydrogen) atoms. The summed E-state index contributed by atoms with van der Waals surface area (Å²) in [6.07, 6.45) is -4.58. The molecule has 0 bridgehead atoms. The summed E-state index contributed by atoms with van der Waals surface area (Å²) in [6.45, 7) is 1.46. The first-order valence-corrected chi connectivity index (χ1v) is 9.60. The predicted octanol–water partition coefficient (Wildman–Crippen LogP) is 5.07. The fraction of sp³-hybridized carbons (Fsp3) is 0.222. The number of amides is 1. The average molecular weight is 463 g/mol. The van der Waals surface area contributed by atoms with Gasteiger partial charge in [0, 0.05) is 31.4 Å². The Morgan fingerprint density at radius 1 is 1.23 bits per heavy atom.